The molecule has 2 heterocycles. The van der Waals surface area contributed by atoms with E-state index in [9.17, 15) is 18.3 Å². The number of carboxylic acid groups (broad SMARTS) is 1. The lowest BCUT2D eigenvalue weighted by Gasteiger charge is -2.20. The predicted octanol–water partition coefficient (Wildman–Crippen LogP) is 0.0526. The van der Waals surface area contributed by atoms with Crippen LogP contribution in [-0.2, 0) is 14.8 Å². The fourth-order valence-electron chi connectivity index (χ4n) is 1.94. The summed E-state index contributed by atoms with van der Waals surface area (Å²) in [5, 5.41) is 18.5. The Morgan fingerprint density at radius 2 is 2.16 bits per heavy atom. The van der Waals surface area contributed by atoms with E-state index in [-0.39, 0.29) is 17.9 Å². The molecule has 0 amide bonds. The second-order valence-corrected chi connectivity index (χ2v) is 6.96. The highest BCUT2D eigenvalue weighted by molar-refractivity contribution is 9.10. The summed E-state index contributed by atoms with van der Waals surface area (Å²) in [5.74, 6) is -1.27. The van der Waals surface area contributed by atoms with Gasteiger partial charge in [0.15, 0.2) is 0 Å². The van der Waals surface area contributed by atoms with Gasteiger partial charge in [-0.3, -0.25) is 9.78 Å². The maximum atomic E-state index is 12.3. The van der Waals surface area contributed by atoms with Gasteiger partial charge in [-0.25, -0.2) is 8.42 Å². The van der Waals surface area contributed by atoms with Crippen molar-refractivity contribution in [1.29, 1.82) is 0 Å². The zero-order chi connectivity index (χ0) is 14.2. The Bertz CT molecular complexity index is 606. The first-order chi connectivity index (χ1) is 8.82. The zero-order valence-electron chi connectivity index (χ0n) is 9.60. The Morgan fingerprint density at radius 1 is 1.47 bits per heavy atom. The van der Waals surface area contributed by atoms with Crippen LogP contribution >= 0.6 is 15.9 Å². The van der Waals surface area contributed by atoms with Crippen LogP contribution in [0.3, 0.4) is 0 Å². The summed E-state index contributed by atoms with van der Waals surface area (Å²) in [7, 11) is -3.99. The maximum absolute atomic E-state index is 12.3. The van der Waals surface area contributed by atoms with Crippen molar-refractivity contribution in [3.8, 4) is 0 Å². The molecule has 2 atom stereocenters. The van der Waals surface area contributed by atoms with Crippen molar-refractivity contribution in [2.75, 3.05) is 6.54 Å². The molecule has 9 heteroatoms. The van der Waals surface area contributed by atoms with Gasteiger partial charge in [0.2, 0.25) is 10.0 Å². The molecule has 0 spiro atoms. The van der Waals surface area contributed by atoms with Crippen molar-refractivity contribution in [3.05, 3.63) is 22.9 Å². The molecule has 1 aliphatic heterocycles. The molecule has 0 unspecified atom stereocenters. The van der Waals surface area contributed by atoms with E-state index in [1.165, 1.54) is 12.3 Å². The van der Waals surface area contributed by atoms with Crippen LogP contribution in [0.4, 0.5) is 0 Å². The molecular weight excluding hydrogens is 340 g/mol. The summed E-state index contributed by atoms with van der Waals surface area (Å²) >= 11 is 3.11. The number of pyridine rings is 1. The van der Waals surface area contributed by atoms with Gasteiger partial charge in [0.05, 0.1) is 6.10 Å². The molecular formula is C10H11BrN2O5S. The van der Waals surface area contributed by atoms with E-state index in [1.807, 2.05) is 0 Å². The molecule has 0 bridgehead atoms. The van der Waals surface area contributed by atoms with Gasteiger partial charge in [0.1, 0.15) is 10.9 Å². The molecule has 0 aliphatic carbocycles. The highest BCUT2D eigenvalue weighted by Crippen LogP contribution is 2.27. The van der Waals surface area contributed by atoms with Crippen LogP contribution in [0.15, 0.2) is 27.8 Å². The summed E-state index contributed by atoms with van der Waals surface area (Å²) < 4.78 is 25.9. The molecule has 0 radical (unpaired) electrons. The van der Waals surface area contributed by atoms with E-state index in [0.29, 0.717) is 4.47 Å². The van der Waals surface area contributed by atoms with E-state index >= 15 is 0 Å². The first-order valence-electron chi connectivity index (χ1n) is 5.35. The minimum absolute atomic E-state index is 0.109. The number of β-amino-alcohol motifs (C(OH)–C–C–N with tert-alkyl or cyclic N) is 1. The third-order valence-electron chi connectivity index (χ3n) is 2.81. The van der Waals surface area contributed by atoms with Crippen LogP contribution in [0.1, 0.15) is 6.42 Å². The molecule has 104 valence electrons. The minimum atomic E-state index is -3.99. The summed E-state index contributed by atoms with van der Waals surface area (Å²) in [6, 6.07) is 0.0883. The number of sulfonamides is 1. The number of aliphatic hydroxyl groups is 1. The number of aromatic nitrogens is 1. The van der Waals surface area contributed by atoms with Gasteiger partial charge in [-0.1, -0.05) is 0 Å². The molecule has 1 fully saturated rings. The second-order valence-electron chi connectivity index (χ2n) is 4.16. The molecule has 2 rings (SSSR count). The van der Waals surface area contributed by atoms with Gasteiger partial charge in [-0.2, -0.15) is 4.31 Å². The number of carbonyl (C=O) groups is 1. The average molecular weight is 351 g/mol. The maximum Gasteiger partial charge on any atom is 0.322 e. The lowest BCUT2D eigenvalue weighted by atomic mass is 10.2. The average Bonchev–Trinajstić information content (AvgIpc) is 2.72. The highest BCUT2D eigenvalue weighted by atomic mass is 79.9. The first kappa shape index (κ1) is 14.4. The normalized spacial score (nSPS) is 24.5. The summed E-state index contributed by atoms with van der Waals surface area (Å²) in [4.78, 5) is 14.7. The van der Waals surface area contributed by atoms with E-state index < -0.39 is 28.1 Å². The first-order valence-corrected chi connectivity index (χ1v) is 7.59. The third kappa shape index (κ3) is 2.78. The number of halogens is 1. The summed E-state index contributed by atoms with van der Waals surface area (Å²) in [5.41, 5.74) is 0. The Labute approximate surface area is 118 Å². The topological polar surface area (TPSA) is 108 Å². The Hall–Kier alpha value is -1.03. The number of rotatable bonds is 3. The van der Waals surface area contributed by atoms with E-state index in [4.69, 9.17) is 5.11 Å². The highest BCUT2D eigenvalue weighted by Gasteiger charge is 2.43. The number of hydrogen-bond acceptors (Lipinski definition) is 5. The van der Waals surface area contributed by atoms with Crippen LogP contribution in [0.25, 0.3) is 0 Å². The van der Waals surface area contributed by atoms with Gasteiger partial charge in [-0.05, 0) is 22.0 Å². The van der Waals surface area contributed by atoms with Gasteiger partial charge in [0.25, 0.3) is 0 Å². The van der Waals surface area contributed by atoms with E-state index in [2.05, 4.69) is 20.9 Å². The van der Waals surface area contributed by atoms with Crippen molar-refractivity contribution < 1.29 is 23.4 Å². The number of aliphatic carboxylic acids is 1. The van der Waals surface area contributed by atoms with Crippen molar-refractivity contribution in [3.63, 3.8) is 0 Å². The molecule has 1 aromatic rings. The molecule has 0 saturated carbocycles. The Morgan fingerprint density at radius 3 is 2.74 bits per heavy atom. The summed E-state index contributed by atoms with van der Waals surface area (Å²) in [6.07, 6.45) is 1.47. The SMILES string of the molecule is O=C(O)[C@H]1C[C@@H](O)CN1S(=O)(=O)c1cncc(Br)c1. The third-order valence-corrected chi connectivity index (χ3v) is 5.08. The smallest absolute Gasteiger partial charge is 0.322 e. The van der Waals surface area contributed by atoms with Crippen LogP contribution in [0.2, 0.25) is 0 Å². The molecule has 1 saturated heterocycles. The number of carboxylic acids is 1. The van der Waals surface area contributed by atoms with Gasteiger partial charge >= 0.3 is 5.97 Å². The fraction of sp³-hybridized carbons (Fsp3) is 0.400. The van der Waals surface area contributed by atoms with Gasteiger partial charge in [-0.15, -0.1) is 0 Å². The van der Waals surface area contributed by atoms with Crippen molar-refractivity contribution in [2.24, 2.45) is 0 Å². The number of aliphatic hydroxyl groups excluding tert-OH is 1. The monoisotopic (exact) mass is 350 g/mol. The van der Waals surface area contributed by atoms with E-state index in [1.54, 1.807) is 0 Å². The van der Waals surface area contributed by atoms with E-state index in [0.717, 1.165) is 10.5 Å². The van der Waals surface area contributed by atoms with Crippen LogP contribution in [0.5, 0.6) is 0 Å². The predicted molar refractivity (Wildman–Crippen MR) is 67.9 cm³/mol. The Balaban J connectivity index is 2.41. The molecule has 0 aromatic carbocycles. The van der Waals surface area contributed by atoms with Gasteiger partial charge < -0.3 is 10.2 Å². The van der Waals surface area contributed by atoms with Crippen LogP contribution < -0.4 is 0 Å². The fourth-order valence-corrected chi connectivity index (χ4v) is 4.08. The Kier molecular flexibility index (Phi) is 3.90. The lowest BCUT2D eigenvalue weighted by molar-refractivity contribution is -0.140. The molecule has 2 N–H and O–H groups in total. The van der Waals surface area contributed by atoms with Crippen LogP contribution in [0, 0.1) is 0 Å². The van der Waals surface area contributed by atoms with Crippen LogP contribution in [-0.4, -0.2) is 52.6 Å². The van der Waals surface area contributed by atoms with Gasteiger partial charge in [0, 0.05) is 29.8 Å². The molecule has 19 heavy (non-hydrogen) atoms. The molecule has 1 aromatic heterocycles. The molecule has 1 aliphatic rings. The van der Waals surface area contributed by atoms with Crippen molar-refractivity contribution >= 4 is 31.9 Å². The molecule has 7 nitrogen and oxygen atoms in total. The lowest BCUT2D eigenvalue weighted by Crippen LogP contribution is -2.40. The minimum Gasteiger partial charge on any atom is -0.480 e. The number of nitrogens with zero attached hydrogens (tertiary/aromatic N) is 2. The van der Waals surface area contributed by atoms with Crippen molar-refractivity contribution in [1.82, 2.24) is 9.29 Å². The zero-order valence-corrected chi connectivity index (χ0v) is 12.0. The van der Waals surface area contributed by atoms with Crippen molar-refractivity contribution in [2.45, 2.75) is 23.5 Å². The quantitative estimate of drug-likeness (QED) is 0.797. The summed E-state index contributed by atoms with van der Waals surface area (Å²) in [6.45, 7) is -0.230. The largest absolute Gasteiger partial charge is 0.480 e. The number of hydrogen-bond donors (Lipinski definition) is 2. The second kappa shape index (κ2) is 5.16. The standard InChI is InChI=1S/C10H11BrN2O5S/c11-6-1-8(4-12-3-6)19(17,18)13-5-7(14)2-9(13)10(15)16/h1,3-4,7,9,14H,2,5H2,(H,15,16)/t7-,9-/m1/s1.